The second-order valence-corrected chi connectivity index (χ2v) is 5.11. The lowest BCUT2D eigenvalue weighted by molar-refractivity contribution is -0.121. The molecule has 0 spiro atoms. The molecule has 0 saturated carbocycles. The Morgan fingerprint density at radius 3 is 2.38 bits per heavy atom. The Hall–Kier alpha value is -3.08. The summed E-state index contributed by atoms with van der Waals surface area (Å²) < 4.78 is 5.34. The molecule has 2 aromatic carbocycles. The molecule has 0 heterocycles. The molecule has 0 atom stereocenters. The van der Waals surface area contributed by atoms with Crippen molar-refractivity contribution in [1.82, 2.24) is 10.9 Å². The number of hydrazine groups is 1. The summed E-state index contributed by atoms with van der Waals surface area (Å²) in [5, 5.41) is 0. The predicted octanol–water partition coefficient (Wildman–Crippen LogP) is 2.65. The second-order valence-electron chi connectivity index (χ2n) is 5.11. The van der Waals surface area contributed by atoms with Gasteiger partial charge in [-0.2, -0.15) is 0 Å². The molecule has 0 bridgehead atoms. The first-order valence-corrected chi connectivity index (χ1v) is 7.66. The van der Waals surface area contributed by atoms with Gasteiger partial charge in [-0.15, -0.1) is 0 Å². The number of aryl methyl sites for hydroxylation is 1. The van der Waals surface area contributed by atoms with Crippen LogP contribution in [0, 0.1) is 0 Å². The molecule has 124 valence electrons. The molecule has 2 aromatic rings. The highest BCUT2D eigenvalue weighted by molar-refractivity contribution is 5.95. The summed E-state index contributed by atoms with van der Waals surface area (Å²) in [6.45, 7) is 3.97. The fourth-order valence-electron chi connectivity index (χ4n) is 2.02. The van der Waals surface area contributed by atoms with Crippen LogP contribution in [0.4, 0.5) is 0 Å². The van der Waals surface area contributed by atoms with Gasteiger partial charge < -0.3 is 4.74 Å². The minimum absolute atomic E-state index is 0.238. The van der Waals surface area contributed by atoms with Gasteiger partial charge in [0.2, 0.25) is 5.91 Å². The fourth-order valence-corrected chi connectivity index (χ4v) is 2.02. The maximum Gasteiger partial charge on any atom is 0.269 e. The van der Waals surface area contributed by atoms with Crippen LogP contribution in [0.2, 0.25) is 0 Å². The lowest BCUT2D eigenvalue weighted by Crippen LogP contribution is -2.41. The quantitative estimate of drug-likeness (QED) is 0.608. The molecule has 2 amide bonds. The van der Waals surface area contributed by atoms with Crippen LogP contribution in [-0.2, 0) is 11.2 Å². The van der Waals surface area contributed by atoms with Gasteiger partial charge in [0.15, 0.2) is 0 Å². The lowest BCUT2D eigenvalue weighted by atomic mass is 10.1. The number of benzene rings is 2. The van der Waals surface area contributed by atoms with Crippen LogP contribution >= 0.6 is 0 Å². The smallest absolute Gasteiger partial charge is 0.269 e. The highest BCUT2D eigenvalue weighted by Crippen LogP contribution is 2.12. The maximum absolute atomic E-state index is 12.0. The standard InChI is InChI=1S/C19H20N2O3/c1-2-14-24-17-11-9-16(10-12-17)19(23)21-20-18(22)13-8-15-6-4-3-5-7-15/h2-7,9-12H,1,8,13-14H2,(H,20,22)(H,21,23). The van der Waals surface area contributed by atoms with Crippen molar-refractivity contribution in [3.63, 3.8) is 0 Å². The number of nitrogens with one attached hydrogen (secondary N) is 2. The Kier molecular flexibility index (Phi) is 6.58. The zero-order valence-corrected chi connectivity index (χ0v) is 13.3. The molecule has 2 N–H and O–H groups in total. The minimum Gasteiger partial charge on any atom is -0.490 e. The van der Waals surface area contributed by atoms with Crippen LogP contribution < -0.4 is 15.6 Å². The van der Waals surface area contributed by atoms with Crippen LogP contribution in [0.5, 0.6) is 5.75 Å². The van der Waals surface area contributed by atoms with E-state index >= 15 is 0 Å². The van der Waals surface area contributed by atoms with E-state index in [-0.39, 0.29) is 11.8 Å². The highest BCUT2D eigenvalue weighted by Gasteiger charge is 2.07. The number of ether oxygens (including phenoxy) is 1. The molecule has 0 aliphatic carbocycles. The van der Waals surface area contributed by atoms with Crippen molar-refractivity contribution in [2.24, 2.45) is 0 Å². The van der Waals surface area contributed by atoms with Gasteiger partial charge in [-0.25, -0.2) is 0 Å². The van der Waals surface area contributed by atoms with E-state index in [1.165, 1.54) is 0 Å². The molecule has 0 aliphatic rings. The molecule has 0 aliphatic heterocycles. The number of hydrogen-bond acceptors (Lipinski definition) is 3. The molecular formula is C19H20N2O3. The predicted molar refractivity (Wildman–Crippen MR) is 92.5 cm³/mol. The van der Waals surface area contributed by atoms with Crippen LogP contribution in [0.3, 0.4) is 0 Å². The van der Waals surface area contributed by atoms with E-state index in [4.69, 9.17) is 4.74 Å². The van der Waals surface area contributed by atoms with Gasteiger partial charge in [0.25, 0.3) is 5.91 Å². The first-order valence-electron chi connectivity index (χ1n) is 7.66. The average molecular weight is 324 g/mol. The molecule has 0 saturated heterocycles. The number of amides is 2. The fraction of sp³-hybridized carbons (Fsp3) is 0.158. The number of hydrogen-bond donors (Lipinski definition) is 2. The molecule has 0 radical (unpaired) electrons. The third-order valence-corrected chi connectivity index (χ3v) is 3.28. The van der Waals surface area contributed by atoms with E-state index in [2.05, 4.69) is 17.4 Å². The van der Waals surface area contributed by atoms with Crippen LogP contribution in [-0.4, -0.2) is 18.4 Å². The lowest BCUT2D eigenvalue weighted by Gasteiger charge is -2.08. The van der Waals surface area contributed by atoms with Crippen molar-refractivity contribution in [3.05, 3.63) is 78.4 Å². The zero-order valence-electron chi connectivity index (χ0n) is 13.3. The molecule has 0 unspecified atom stereocenters. The maximum atomic E-state index is 12.0. The summed E-state index contributed by atoms with van der Waals surface area (Å²) in [5.41, 5.74) is 6.33. The van der Waals surface area contributed by atoms with Gasteiger partial charge in [0, 0.05) is 12.0 Å². The molecule has 0 fully saturated rings. The van der Waals surface area contributed by atoms with Gasteiger partial charge in [0.05, 0.1) is 0 Å². The van der Waals surface area contributed by atoms with Crippen LogP contribution in [0.25, 0.3) is 0 Å². The Bertz CT molecular complexity index is 682. The van der Waals surface area contributed by atoms with Crippen LogP contribution in [0.1, 0.15) is 22.3 Å². The van der Waals surface area contributed by atoms with Gasteiger partial charge in [-0.1, -0.05) is 43.0 Å². The molecular weight excluding hydrogens is 304 g/mol. The Balaban J connectivity index is 1.75. The minimum atomic E-state index is -0.377. The largest absolute Gasteiger partial charge is 0.490 e. The first-order chi connectivity index (χ1) is 11.7. The van der Waals surface area contributed by atoms with Gasteiger partial charge in [0.1, 0.15) is 12.4 Å². The van der Waals surface area contributed by atoms with Gasteiger partial charge in [-0.3, -0.25) is 20.4 Å². The average Bonchev–Trinajstić information content (AvgIpc) is 2.64. The zero-order chi connectivity index (χ0) is 17.2. The topological polar surface area (TPSA) is 67.4 Å². The van der Waals surface area contributed by atoms with Crippen molar-refractivity contribution in [3.8, 4) is 5.75 Å². The third kappa shape index (κ3) is 5.61. The van der Waals surface area contributed by atoms with E-state index in [9.17, 15) is 9.59 Å². The number of rotatable bonds is 7. The van der Waals surface area contributed by atoms with Crippen LogP contribution in [0.15, 0.2) is 67.3 Å². The Morgan fingerprint density at radius 2 is 1.71 bits per heavy atom. The van der Waals surface area contributed by atoms with E-state index in [1.54, 1.807) is 30.3 Å². The van der Waals surface area contributed by atoms with Crippen molar-refractivity contribution < 1.29 is 14.3 Å². The normalized spacial score (nSPS) is 9.83. The monoisotopic (exact) mass is 324 g/mol. The van der Waals surface area contributed by atoms with Gasteiger partial charge >= 0.3 is 0 Å². The van der Waals surface area contributed by atoms with Crippen molar-refractivity contribution in [1.29, 1.82) is 0 Å². The second kappa shape index (κ2) is 9.15. The van der Waals surface area contributed by atoms with E-state index in [0.717, 1.165) is 5.56 Å². The van der Waals surface area contributed by atoms with Crippen molar-refractivity contribution in [2.45, 2.75) is 12.8 Å². The SMILES string of the molecule is C=CCOc1ccc(C(=O)NNC(=O)CCc2ccccc2)cc1. The molecule has 2 rings (SSSR count). The molecule has 5 heteroatoms. The molecule has 24 heavy (non-hydrogen) atoms. The summed E-state index contributed by atoms with van der Waals surface area (Å²) in [6, 6.07) is 16.3. The Labute approximate surface area is 141 Å². The van der Waals surface area contributed by atoms with Gasteiger partial charge in [-0.05, 0) is 36.2 Å². The summed E-state index contributed by atoms with van der Waals surface area (Å²) >= 11 is 0. The molecule has 0 aromatic heterocycles. The summed E-state index contributed by atoms with van der Waals surface area (Å²) in [6.07, 6.45) is 2.57. The molecule has 5 nitrogen and oxygen atoms in total. The van der Waals surface area contributed by atoms with E-state index < -0.39 is 0 Å². The highest BCUT2D eigenvalue weighted by atomic mass is 16.5. The Morgan fingerprint density at radius 1 is 1.00 bits per heavy atom. The summed E-state index contributed by atoms with van der Waals surface area (Å²) in [4.78, 5) is 23.7. The summed E-state index contributed by atoms with van der Waals surface area (Å²) in [5.74, 6) is 0.0369. The number of carbonyl (C=O) groups is 2. The van der Waals surface area contributed by atoms with Crippen molar-refractivity contribution >= 4 is 11.8 Å². The van der Waals surface area contributed by atoms with Crippen molar-refractivity contribution in [2.75, 3.05) is 6.61 Å². The third-order valence-electron chi connectivity index (χ3n) is 3.28. The first kappa shape index (κ1) is 17.3. The van der Waals surface area contributed by atoms with E-state index in [0.29, 0.717) is 30.8 Å². The number of carbonyl (C=O) groups excluding carboxylic acids is 2. The summed E-state index contributed by atoms with van der Waals surface area (Å²) in [7, 11) is 0. The van der Waals surface area contributed by atoms with E-state index in [1.807, 2.05) is 30.3 Å².